The van der Waals surface area contributed by atoms with Crippen molar-refractivity contribution >= 4 is 22.2 Å². The zero-order valence-corrected chi connectivity index (χ0v) is 10.7. The summed E-state index contributed by atoms with van der Waals surface area (Å²) in [6.07, 6.45) is 0. The summed E-state index contributed by atoms with van der Waals surface area (Å²) in [5, 5.41) is 9.72. The maximum atomic E-state index is 5.86. The van der Waals surface area contributed by atoms with Crippen LogP contribution in [0.15, 0.2) is 60.7 Å². The molecular formula is C16H12N4. The fourth-order valence-electron chi connectivity index (χ4n) is 2.50. The summed E-state index contributed by atoms with van der Waals surface area (Å²) in [6, 6.07) is 19.9. The lowest BCUT2D eigenvalue weighted by Gasteiger charge is -2.05. The normalized spacial score (nSPS) is 11.2. The molecule has 4 nitrogen and oxygen atoms in total. The summed E-state index contributed by atoms with van der Waals surface area (Å²) < 4.78 is 2.06. The van der Waals surface area contributed by atoms with Crippen molar-refractivity contribution in [2.45, 2.75) is 0 Å². The number of aromatic nitrogens is 3. The largest absolute Gasteiger partial charge is 0.399 e. The van der Waals surface area contributed by atoms with E-state index in [0.29, 0.717) is 0 Å². The first-order valence-corrected chi connectivity index (χ1v) is 6.42. The number of rotatable bonds is 1. The number of para-hydroxylation sites is 1. The van der Waals surface area contributed by atoms with Crippen molar-refractivity contribution in [1.82, 2.24) is 14.6 Å². The van der Waals surface area contributed by atoms with E-state index >= 15 is 0 Å². The third kappa shape index (κ3) is 1.55. The molecule has 0 saturated heterocycles. The van der Waals surface area contributed by atoms with Crippen LogP contribution >= 0.6 is 0 Å². The first-order chi connectivity index (χ1) is 9.83. The minimum absolute atomic E-state index is 0.722. The van der Waals surface area contributed by atoms with Crippen molar-refractivity contribution in [2.24, 2.45) is 0 Å². The summed E-state index contributed by atoms with van der Waals surface area (Å²) in [4.78, 5) is 0. The zero-order valence-electron chi connectivity index (χ0n) is 10.7. The third-order valence-corrected chi connectivity index (χ3v) is 3.42. The fraction of sp³-hybridized carbons (Fsp3) is 0. The maximum absolute atomic E-state index is 5.86. The predicted octanol–water partition coefficient (Wildman–Crippen LogP) is 3.13. The Hall–Kier alpha value is -2.88. The summed E-state index contributed by atoms with van der Waals surface area (Å²) in [7, 11) is 0. The Morgan fingerprint density at radius 3 is 2.65 bits per heavy atom. The van der Waals surface area contributed by atoms with Gasteiger partial charge in [-0.3, -0.25) is 4.40 Å². The monoisotopic (exact) mass is 260 g/mol. The van der Waals surface area contributed by atoms with Crippen LogP contribution in [0.5, 0.6) is 0 Å². The van der Waals surface area contributed by atoms with Gasteiger partial charge in [-0.25, -0.2) is 0 Å². The smallest absolute Gasteiger partial charge is 0.168 e. The number of anilines is 1. The molecule has 2 aromatic heterocycles. The van der Waals surface area contributed by atoms with Crippen LogP contribution in [0.25, 0.3) is 27.9 Å². The lowest BCUT2D eigenvalue weighted by Crippen LogP contribution is -1.93. The Morgan fingerprint density at radius 1 is 0.850 bits per heavy atom. The highest BCUT2D eigenvalue weighted by Gasteiger charge is 2.10. The fourth-order valence-corrected chi connectivity index (χ4v) is 2.50. The van der Waals surface area contributed by atoms with E-state index in [1.165, 1.54) is 0 Å². The van der Waals surface area contributed by atoms with Gasteiger partial charge in [-0.2, -0.15) is 0 Å². The van der Waals surface area contributed by atoms with Gasteiger partial charge in [0.15, 0.2) is 11.5 Å². The van der Waals surface area contributed by atoms with E-state index in [1.807, 2.05) is 42.5 Å². The number of hydrogen-bond donors (Lipinski definition) is 1. The molecule has 2 aromatic carbocycles. The lowest BCUT2D eigenvalue weighted by molar-refractivity contribution is 1.12. The Morgan fingerprint density at radius 2 is 1.75 bits per heavy atom. The predicted molar refractivity (Wildman–Crippen MR) is 80.3 cm³/mol. The number of nitrogen functional groups attached to an aromatic ring is 1. The van der Waals surface area contributed by atoms with Crippen molar-refractivity contribution in [3.63, 3.8) is 0 Å². The van der Waals surface area contributed by atoms with E-state index in [1.54, 1.807) is 0 Å². The van der Waals surface area contributed by atoms with Crippen LogP contribution in [0.3, 0.4) is 0 Å². The molecule has 0 aliphatic carbocycles. The standard InChI is InChI=1S/C16H12N4/c17-13-6-3-5-12(10-13)16-19-18-15-9-8-11-4-1-2-7-14(11)20(15)16/h1-10H,17H2. The number of pyridine rings is 1. The number of nitrogens with zero attached hydrogens (tertiary/aromatic N) is 3. The minimum atomic E-state index is 0.722. The van der Waals surface area contributed by atoms with Crippen LogP contribution in [0, 0.1) is 0 Å². The van der Waals surface area contributed by atoms with Gasteiger partial charge in [-0.1, -0.05) is 30.3 Å². The van der Waals surface area contributed by atoms with Crippen molar-refractivity contribution in [3.05, 3.63) is 60.7 Å². The van der Waals surface area contributed by atoms with Gasteiger partial charge in [-0.05, 0) is 35.7 Å². The Bertz CT molecular complexity index is 924. The molecule has 0 unspecified atom stereocenters. The number of benzene rings is 2. The Balaban J connectivity index is 2.12. The van der Waals surface area contributed by atoms with Crippen LogP contribution in [-0.2, 0) is 0 Å². The second-order valence-electron chi connectivity index (χ2n) is 4.73. The van der Waals surface area contributed by atoms with Crippen LogP contribution in [0.2, 0.25) is 0 Å². The van der Waals surface area contributed by atoms with Gasteiger partial charge in [-0.15, -0.1) is 10.2 Å². The van der Waals surface area contributed by atoms with E-state index in [-0.39, 0.29) is 0 Å². The van der Waals surface area contributed by atoms with Crippen LogP contribution in [-0.4, -0.2) is 14.6 Å². The minimum Gasteiger partial charge on any atom is -0.399 e. The first-order valence-electron chi connectivity index (χ1n) is 6.42. The molecule has 0 bridgehead atoms. The molecule has 2 N–H and O–H groups in total. The first kappa shape index (κ1) is 11.0. The lowest BCUT2D eigenvalue weighted by atomic mass is 10.1. The van der Waals surface area contributed by atoms with E-state index in [2.05, 4.69) is 32.8 Å². The molecule has 0 aliphatic heterocycles. The molecule has 0 radical (unpaired) electrons. The molecule has 0 saturated carbocycles. The summed E-state index contributed by atoms with van der Waals surface area (Å²) in [5.41, 5.74) is 9.48. The average molecular weight is 260 g/mol. The van der Waals surface area contributed by atoms with E-state index in [4.69, 9.17) is 5.73 Å². The molecule has 20 heavy (non-hydrogen) atoms. The average Bonchev–Trinajstić information content (AvgIpc) is 2.91. The van der Waals surface area contributed by atoms with Gasteiger partial charge in [0, 0.05) is 11.3 Å². The molecule has 0 aliphatic rings. The Kier molecular flexibility index (Phi) is 2.23. The molecular weight excluding hydrogens is 248 g/mol. The second-order valence-corrected chi connectivity index (χ2v) is 4.73. The summed E-state index contributed by atoms with van der Waals surface area (Å²) in [5.74, 6) is 0.809. The molecule has 0 amide bonds. The zero-order chi connectivity index (χ0) is 13.5. The highest BCUT2D eigenvalue weighted by Crippen LogP contribution is 2.24. The highest BCUT2D eigenvalue weighted by molar-refractivity contribution is 5.84. The van der Waals surface area contributed by atoms with Gasteiger partial charge in [0.25, 0.3) is 0 Å². The maximum Gasteiger partial charge on any atom is 0.168 e. The molecule has 4 heteroatoms. The second kappa shape index (κ2) is 4.06. The van der Waals surface area contributed by atoms with Crippen molar-refractivity contribution in [1.29, 1.82) is 0 Å². The molecule has 0 spiro atoms. The number of nitrogens with two attached hydrogens (primary N) is 1. The van der Waals surface area contributed by atoms with Crippen molar-refractivity contribution in [3.8, 4) is 11.4 Å². The third-order valence-electron chi connectivity index (χ3n) is 3.42. The quantitative estimate of drug-likeness (QED) is 0.535. The van der Waals surface area contributed by atoms with Gasteiger partial charge in [0.2, 0.25) is 0 Å². The van der Waals surface area contributed by atoms with Gasteiger partial charge >= 0.3 is 0 Å². The molecule has 96 valence electrons. The number of hydrogen-bond acceptors (Lipinski definition) is 3. The highest BCUT2D eigenvalue weighted by atomic mass is 15.2. The summed E-state index contributed by atoms with van der Waals surface area (Å²) >= 11 is 0. The molecule has 0 atom stereocenters. The molecule has 2 heterocycles. The van der Waals surface area contributed by atoms with E-state index < -0.39 is 0 Å². The van der Waals surface area contributed by atoms with Gasteiger partial charge in [0.05, 0.1) is 5.52 Å². The van der Waals surface area contributed by atoms with Crippen LogP contribution < -0.4 is 5.73 Å². The number of fused-ring (bicyclic) bond motifs is 3. The van der Waals surface area contributed by atoms with Gasteiger partial charge in [0.1, 0.15) is 0 Å². The molecule has 4 rings (SSSR count). The topological polar surface area (TPSA) is 56.2 Å². The van der Waals surface area contributed by atoms with Crippen LogP contribution in [0.1, 0.15) is 0 Å². The Labute approximate surface area is 115 Å². The van der Waals surface area contributed by atoms with Crippen molar-refractivity contribution < 1.29 is 0 Å². The van der Waals surface area contributed by atoms with E-state index in [9.17, 15) is 0 Å². The summed E-state index contributed by atoms with van der Waals surface area (Å²) in [6.45, 7) is 0. The molecule has 0 fully saturated rings. The molecule has 4 aromatic rings. The SMILES string of the molecule is Nc1cccc(-c2nnc3ccc4ccccc4n23)c1. The van der Waals surface area contributed by atoms with Crippen LogP contribution in [0.4, 0.5) is 5.69 Å². The van der Waals surface area contributed by atoms with Crippen molar-refractivity contribution in [2.75, 3.05) is 5.73 Å². The van der Waals surface area contributed by atoms with Gasteiger partial charge < -0.3 is 5.73 Å². The van der Waals surface area contributed by atoms with E-state index in [0.717, 1.165) is 33.6 Å².